The summed E-state index contributed by atoms with van der Waals surface area (Å²) in [6.07, 6.45) is 0. The average Bonchev–Trinajstić information content (AvgIpc) is 2.73. The molecule has 96 valence electrons. The molecule has 1 heterocycles. The smallest absolute Gasteiger partial charge is 0.239 e. The minimum Gasteiger partial charge on any atom is -0.350 e. The molecule has 0 unspecified atom stereocenters. The Morgan fingerprint density at radius 3 is 3.00 bits per heavy atom. The molecule has 0 atom stereocenters. The fourth-order valence-corrected chi connectivity index (χ4v) is 2.73. The van der Waals surface area contributed by atoms with E-state index in [1.165, 1.54) is 11.8 Å². The highest BCUT2D eigenvalue weighted by Crippen LogP contribution is 2.14. The molecule has 1 N–H and O–H groups in total. The minimum absolute atomic E-state index is 0.0258. The van der Waals surface area contributed by atoms with Gasteiger partial charge in [-0.3, -0.25) is 9.59 Å². The molecule has 0 spiro atoms. The maximum absolute atomic E-state index is 11.7. The average molecular weight is 285 g/mol. The molecule has 6 heteroatoms. The molecular formula is C12H13ClN2O2S. The van der Waals surface area contributed by atoms with Crippen LogP contribution in [0, 0.1) is 0 Å². The van der Waals surface area contributed by atoms with Crippen molar-refractivity contribution < 1.29 is 9.59 Å². The molecule has 1 aliphatic rings. The van der Waals surface area contributed by atoms with Gasteiger partial charge in [-0.1, -0.05) is 23.7 Å². The predicted molar refractivity (Wildman–Crippen MR) is 72.3 cm³/mol. The van der Waals surface area contributed by atoms with Crippen molar-refractivity contribution >= 4 is 35.2 Å². The first kappa shape index (κ1) is 13.2. The Kier molecular flexibility index (Phi) is 4.49. The van der Waals surface area contributed by atoms with Crippen molar-refractivity contribution in [3.63, 3.8) is 0 Å². The number of hydrogen-bond donors (Lipinski definition) is 1. The van der Waals surface area contributed by atoms with E-state index < -0.39 is 0 Å². The lowest BCUT2D eigenvalue weighted by molar-refractivity contribution is -0.132. The lowest BCUT2D eigenvalue weighted by Gasteiger charge is -2.14. The van der Waals surface area contributed by atoms with E-state index in [0.29, 0.717) is 23.2 Å². The monoisotopic (exact) mass is 284 g/mol. The molecule has 0 saturated carbocycles. The van der Waals surface area contributed by atoms with Crippen molar-refractivity contribution in [2.75, 3.05) is 18.2 Å². The predicted octanol–water partition coefficient (Wildman–Crippen LogP) is 1.49. The zero-order valence-electron chi connectivity index (χ0n) is 9.69. The van der Waals surface area contributed by atoms with Crippen LogP contribution in [0.1, 0.15) is 5.56 Å². The summed E-state index contributed by atoms with van der Waals surface area (Å²) in [4.78, 5) is 24.5. The summed E-state index contributed by atoms with van der Waals surface area (Å²) in [6.45, 7) is 0.557. The standard InChI is InChI=1S/C12H13ClN2O2S/c13-10-3-1-2-9(4-10)5-14-11(16)6-15-8-18-7-12(15)17/h1-4H,5-8H2,(H,14,16). The van der Waals surface area contributed by atoms with E-state index in [2.05, 4.69) is 5.32 Å². The highest BCUT2D eigenvalue weighted by Gasteiger charge is 2.22. The lowest BCUT2D eigenvalue weighted by Crippen LogP contribution is -2.37. The van der Waals surface area contributed by atoms with Gasteiger partial charge >= 0.3 is 0 Å². The Hall–Kier alpha value is -1.20. The van der Waals surface area contributed by atoms with Crippen LogP contribution in [-0.2, 0) is 16.1 Å². The molecular weight excluding hydrogens is 272 g/mol. The molecule has 18 heavy (non-hydrogen) atoms. The van der Waals surface area contributed by atoms with E-state index in [0.717, 1.165) is 5.56 Å². The Balaban J connectivity index is 1.79. The highest BCUT2D eigenvalue weighted by atomic mass is 35.5. The highest BCUT2D eigenvalue weighted by molar-refractivity contribution is 8.00. The summed E-state index contributed by atoms with van der Waals surface area (Å²) >= 11 is 7.38. The van der Waals surface area contributed by atoms with Crippen LogP contribution < -0.4 is 5.32 Å². The first-order valence-corrected chi connectivity index (χ1v) is 7.05. The quantitative estimate of drug-likeness (QED) is 0.911. The number of halogens is 1. The number of nitrogens with one attached hydrogen (secondary N) is 1. The molecule has 0 bridgehead atoms. The zero-order chi connectivity index (χ0) is 13.0. The van der Waals surface area contributed by atoms with Crippen LogP contribution in [0.3, 0.4) is 0 Å². The summed E-state index contributed by atoms with van der Waals surface area (Å²) in [6, 6.07) is 7.32. The zero-order valence-corrected chi connectivity index (χ0v) is 11.3. The van der Waals surface area contributed by atoms with E-state index in [1.807, 2.05) is 12.1 Å². The molecule has 4 nitrogen and oxygen atoms in total. The first-order valence-electron chi connectivity index (χ1n) is 5.52. The third kappa shape index (κ3) is 3.65. The topological polar surface area (TPSA) is 49.4 Å². The van der Waals surface area contributed by atoms with E-state index in [-0.39, 0.29) is 18.4 Å². The van der Waals surface area contributed by atoms with Gasteiger partial charge in [0.15, 0.2) is 0 Å². The van der Waals surface area contributed by atoms with E-state index >= 15 is 0 Å². The molecule has 1 aromatic rings. The number of hydrogen-bond acceptors (Lipinski definition) is 3. The fourth-order valence-electron chi connectivity index (χ4n) is 1.62. The van der Waals surface area contributed by atoms with E-state index in [4.69, 9.17) is 11.6 Å². The number of nitrogens with zero attached hydrogens (tertiary/aromatic N) is 1. The van der Waals surface area contributed by atoms with Gasteiger partial charge < -0.3 is 10.2 Å². The first-order chi connectivity index (χ1) is 8.65. The van der Waals surface area contributed by atoms with Crippen molar-refractivity contribution in [1.29, 1.82) is 0 Å². The molecule has 1 aliphatic heterocycles. The van der Waals surface area contributed by atoms with Crippen LogP contribution in [0.15, 0.2) is 24.3 Å². The van der Waals surface area contributed by atoms with E-state index in [9.17, 15) is 9.59 Å². The number of carbonyl (C=O) groups is 2. The van der Waals surface area contributed by atoms with Gasteiger partial charge in [0.2, 0.25) is 11.8 Å². The van der Waals surface area contributed by atoms with Crippen LogP contribution in [0.5, 0.6) is 0 Å². The van der Waals surface area contributed by atoms with Crippen LogP contribution in [0.2, 0.25) is 5.02 Å². The summed E-state index contributed by atoms with van der Waals surface area (Å²) in [7, 11) is 0. The molecule has 1 aromatic carbocycles. The molecule has 1 fully saturated rings. The summed E-state index contributed by atoms with van der Waals surface area (Å²) in [5, 5.41) is 3.42. The van der Waals surface area contributed by atoms with Crippen molar-refractivity contribution in [2.45, 2.75) is 6.54 Å². The SMILES string of the molecule is O=C(CN1CSCC1=O)NCc1cccc(Cl)c1. The van der Waals surface area contributed by atoms with Gasteiger partial charge in [-0.05, 0) is 17.7 Å². The van der Waals surface area contributed by atoms with Crippen LogP contribution in [0.4, 0.5) is 0 Å². The summed E-state index contributed by atoms with van der Waals surface area (Å²) < 4.78 is 0. The normalized spacial score (nSPS) is 14.9. The van der Waals surface area contributed by atoms with Gasteiger partial charge in [-0.2, -0.15) is 0 Å². The van der Waals surface area contributed by atoms with Crippen molar-refractivity contribution in [3.05, 3.63) is 34.9 Å². The van der Waals surface area contributed by atoms with Crippen molar-refractivity contribution in [3.8, 4) is 0 Å². The molecule has 1 saturated heterocycles. The summed E-state index contributed by atoms with van der Waals surface area (Å²) in [5.41, 5.74) is 0.943. The Labute approximate surface area is 115 Å². The number of rotatable bonds is 4. The Bertz CT molecular complexity index is 467. The number of benzene rings is 1. The maximum Gasteiger partial charge on any atom is 0.239 e. The van der Waals surface area contributed by atoms with E-state index in [1.54, 1.807) is 17.0 Å². The number of thioether (sulfide) groups is 1. The third-order valence-corrected chi connectivity index (χ3v) is 3.72. The minimum atomic E-state index is -0.147. The fraction of sp³-hybridized carbons (Fsp3) is 0.333. The van der Waals surface area contributed by atoms with Crippen LogP contribution >= 0.6 is 23.4 Å². The third-order valence-electron chi connectivity index (χ3n) is 2.54. The second-order valence-corrected chi connectivity index (χ2v) is 5.37. The molecule has 0 radical (unpaired) electrons. The van der Waals surface area contributed by atoms with Gasteiger partial charge in [-0.15, -0.1) is 11.8 Å². The van der Waals surface area contributed by atoms with Gasteiger partial charge in [0.05, 0.1) is 11.6 Å². The van der Waals surface area contributed by atoms with Gasteiger partial charge in [0, 0.05) is 11.6 Å². The second-order valence-electron chi connectivity index (χ2n) is 3.98. The maximum atomic E-state index is 11.7. The van der Waals surface area contributed by atoms with Crippen LogP contribution in [0.25, 0.3) is 0 Å². The Morgan fingerprint density at radius 2 is 2.33 bits per heavy atom. The largest absolute Gasteiger partial charge is 0.350 e. The molecule has 2 amide bonds. The van der Waals surface area contributed by atoms with Crippen molar-refractivity contribution in [1.82, 2.24) is 10.2 Å². The Morgan fingerprint density at radius 1 is 1.50 bits per heavy atom. The number of amides is 2. The summed E-state index contributed by atoms with van der Waals surface area (Å²) in [5.74, 6) is 0.953. The number of carbonyl (C=O) groups excluding carboxylic acids is 2. The lowest BCUT2D eigenvalue weighted by atomic mass is 10.2. The van der Waals surface area contributed by atoms with Gasteiger partial charge in [0.25, 0.3) is 0 Å². The van der Waals surface area contributed by atoms with Crippen molar-refractivity contribution in [2.24, 2.45) is 0 Å². The molecule has 2 rings (SSSR count). The molecule has 0 aliphatic carbocycles. The second kappa shape index (κ2) is 6.11. The van der Waals surface area contributed by atoms with Gasteiger partial charge in [0.1, 0.15) is 6.54 Å². The van der Waals surface area contributed by atoms with Gasteiger partial charge in [-0.25, -0.2) is 0 Å². The molecule has 0 aromatic heterocycles. The van der Waals surface area contributed by atoms with Crippen LogP contribution in [-0.4, -0.2) is 34.9 Å².